The molecule has 1 atom stereocenters. The van der Waals surface area contributed by atoms with Gasteiger partial charge in [-0.3, -0.25) is 4.79 Å². The fourth-order valence-electron chi connectivity index (χ4n) is 3.93. The number of aliphatic hydroxyl groups excluding tert-OH is 1. The fraction of sp³-hybridized carbons (Fsp3) is 0.385. The van der Waals surface area contributed by atoms with Crippen LogP contribution < -0.4 is 9.47 Å². The molecule has 3 aromatic rings. The van der Waals surface area contributed by atoms with Crippen molar-refractivity contribution in [2.75, 3.05) is 27.3 Å². The van der Waals surface area contributed by atoms with Crippen LogP contribution in [0, 0.1) is 19.8 Å². The molecule has 1 aliphatic carbocycles. The SMILES string of the molecule is COc1ccc(C(O)CN(CC2CC2)C(=O)c2nc(C)sc2-c2cccc(C)c2)cc1OC. The van der Waals surface area contributed by atoms with E-state index in [1.807, 2.05) is 32.0 Å². The molecule has 1 aromatic heterocycles. The molecule has 0 saturated heterocycles. The smallest absolute Gasteiger partial charge is 0.274 e. The molecule has 6 nitrogen and oxygen atoms in total. The first-order chi connectivity index (χ1) is 15.9. The van der Waals surface area contributed by atoms with Crippen LogP contribution in [-0.2, 0) is 0 Å². The predicted molar refractivity (Wildman–Crippen MR) is 130 cm³/mol. The largest absolute Gasteiger partial charge is 0.493 e. The summed E-state index contributed by atoms with van der Waals surface area (Å²) in [7, 11) is 3.14. The van der Waals surface area contributed by atoms with Crippen molar-refractivity contribution < 1.29 is 19.4 Å². The summed E-state index contributed by atoms with van der Waals surface area (Å²) in [4.78, 5) is 20.9. The number of carbonyl (C=O) groups is 1. The molecule has 174 valence electrons. The lowest BCUT2D eigenvalue weighted by Gasteiger charge is -2.26. The molecular weight excluding hydrogens is 436 g/mol. The van der Waals surface area contributed by atoms with Gasteiger partial charge in [-0.25, -0.2) is 4.98 Å². The third kappa shape index (κ3) is 5.37. The first-order valence-corrected chi connectivity index (χ1v) is 11.9. The predicted octanol–water partition coefficient (Wildman–Crippen LogP) is 5.03. The lowest BCUT2D eigenvalue weighted by Crippen LogP contribution is -2.37. The van der Waals surface area contributed by atoms with Crippen molar-refractivity contribution in [3.8, 4) is 21.9 Å². The zero-order valence-electron chi connectivity index (χ0n) is 19.5. The van der Waals surface area contributed by atoms with Crippen LogP contribution in [0.2, 0.25) is 0 Å². The topological polar surface area (TPSA) is 71.9 Å². The molecule has 1 amide bonds. The number of aryl methyl sites for hydroxylation is 2. The number of hydrogen-bond acceptors (Lipinski definition) is 6. The summed E-state index contributed by atoms with van der Waals surface area (Å²) in [6, 6.07) is 13.5. The average molecular weight is 467 g/mol. The lowest BCUT2D eigenvalue weighted by molar-refractivity contribution is 0.0606. The number of nitrogens with zero attached hydrogens (tertiary/aromatic N) is 2. The highest BCUT2D eigenvalue weighted by molar-refractivity contribution is 7.15. The van der Waals surface area contributed by atoms with Gasteiger partial charge in [0.15, 0.2) is 11.5 Å². The van der Waals surface area contributed by atoms with Gasteiger partial charge in [-0.05, 0) is 55.9 Å². The van der Waals surface area contributed by atoms with Crippen LogP contribution in [0.15, 0.2) is 42.5 Å². The van der Waals surface area contributed by atoms with Gasteiger partial charge < -0.3 is 19.5 Å². The number of amides is 1. The number of aromatic nitrogens is 1. The molecule has 2 aromatic carbocycles. The molecule has 1 aliphatic rings. The van der Waals surface area contributed by atoms with Crippen LogP contribution in [0.25, 0.3) is 10.4 Å². The van der Waals surface area contributed by atoms with Gasteiger partial charge >= 0.3 is 0 Å². The molecule has 33 heavy (non-hydrogen) atoms. The third-order valence-corrected chi connectivity index (χ3v) is 6.89. The first kappa shape index (κ1) is 23.3. The second-order valence-electron chi connectivity index (χ2n) is 8.56. The monoisotopic (exact) mass is 466 g/mol. The van der Waals surface area contributed by atoms with Gasteiger partial charge in [0.1, 0.15) is 5.69 Å². The molecule has 7 heteroatoms. The second-order valence-corrected chi connectivity index (χ2v) is 9.77. The Balaban J connectivity index is 1.61. The molecule has 1 unspecified atom stereocenters. The molecule has 0 bridgehead atoms. The van der Waals surface area contributed by atoms with Crippen LogP contribution in [0.4, 0.5) is 0 Å². The molecule has 1 fully saturated rings. The number of carbonyl (C=O) groups excluding carboxylic acids is 1. The van der Waals surface area contributed by atoms with E-state index < -0.39 is 6.10 Å². The van der Waals surface area contributed by atoms with Crippen molar-refractivity contribution >= 4 is 17.2 Å². The summed E-state index contributed by atoms with van der Waals surface area (Å²) in [5.41, 5.74) is 3.27. The minimum Gasteiger partial charge on any atom is -0.493 e. The number of methoxy groups -OCH3 is 2. The van der Waals surface area contributed by atoms with E-state index in [-0.39, 0.29) is 12.5 Å². The fourth-order valence-corrected chi connectivity index (χ4v) is 4.84. The van der Waals surface area contributed by atoms with Gasteiger partial charge in [0.2, 0.25) is 0 Å². The molecule has 4 rings (SSSR count). The Hall–Kier alpha value is -2.90. The minimum absolute atomic E-state index is 0.137. The summed E-state index contributed by atoms with van der Waals surface area (Å²) in [5, 5.41) is 11.9. The minimum atomic E-state index is -0.852. The van der Waals surface area contributed by atoms with Gasteiger partial charge in [-0.1, -0.05) is 35.9 Å². The number of rotatable bonds is 9. The van der Waals surface area contributed by atoms with Gasteiger partial charge in [0.25, 0.3) is 5.91 Å². The van der Waals surface area contributed by atoms with Crippen molar-refractivity contribution in [2.45, 2.75) is 32.8 Å². The maximum Gasteiger partial charge on any atom is 0.274 e. The first-order valence-electron chi connectivity index (χ1n) is 11.1. The van der Waals surface area contributed by atoms with Gasteiger partial charge in [-0.2, -0.15) is 0 Å². The number of benzene rings is 2. The number of thiazole rings is 1. The van der Waals surface area contributed by atoms with E-state index in [1.54, 1.807) is 37.3 Å². The van der Waals surface area contributed by atoms with Crippen molar-refractivity contribution in [1.29, 1.82) is 0 Å². The Morgan fingerprint density at radius 3 is 2.58 bits per heavy atom. The average Bonchev–Trinajstić information content (AvgIpc) is 3.55. The molecule has 0 aliphatic heterocycles. The molecule has 1 heterocycles. The summed E-state index contributed by atoms with van der Waals surface area (Å²) < 4.78 is 10.7. The van der Waals surface area contributed by atoms with Crippen molar-refractivity contribution in [2.24, 2.45) is 5.92 Å². The number of aliphatic hydroxyl groups is 1. The number of hydrogen-bond donors (Lipinski definition) is 1. The zero-order chi connectivity index (χ0) is 23.5. The third-order valence-electron chi connectivity index (χ3n) is 5.87. The van der Waals surface area contributed by atoms with Crippen molar-refractivity contribution in [1.82, 2.24) is 9.88 Å². The normalized spacial score (nSPS) is 14.1. The molecule has 0 spiro atoms. The van der Waals surface area contributed by atoms with E-state index in [2.05, 4.69) is 11.1 Å². The van der Waals surface area contributed by atoms with Crippen LogP contribution in [0.5, 0.6) is 11.5 Å². The molecule has 1 saturated carbocycles. The number of ether oxygens (including phenoxy) is 2. The molecule has 1 N–H and O–H groups in total. The zero-order valence-corrected chi connectivity index (χ0v) is 20.3. The van der Waals surface area contributed by atoms with Crippen LogP contribution in [-0.4, -0.2) is 48.2 Å². The van der Waals surface area contributed by atoms with Gasteiger partial charge in [-0.15, -0.1) is 11.3 Å². The summed E-state index contributed by atoms with van der Waals surface area (Å²) in [5.74, 6) is 1.49. The summed E-state index contributed by atoms with van der Waals surface area (Å²) in [6.07, 6.45) is 1.36. The van der Waals surface area contributed by atoms with Crippen LogP contribution in [0.1, 0.15) is 45.6 Å². The maximum atomic E-state index is 13.7. The van der Waals surface area contributed by atoms with Gasteiger partial charge in [0.05, 0.1) is 36.8 Å². The van der Waals surface area contributed by atoms with E-state index in [0.29, 0.717) is 35.2 Å². The lowest BCUT2D eigenvalue weighted by atomic mass is 10.1. The van der Waals surface area contributed by atoms with Crippen LogP contribution >= 0.6 is 11.3 Å². The van der Waals surface area contributed by atoms with Crippen LogP contribution in [0.3, 0.4) is 0 Å². The van der Waals surface area contributed by atoms with E-state index >= 15 is 0 Å². The summed E-state index contributed by atoms with van der Waals surface area (Å²) in [6.45, 7) is 4.77. The second kappa shape index (κ2) is 9.93. The highest BCUT2D eigenvalue weighted by Gasteiger charge is 2.31. The highest BCUT2D eigenvalue weighted by Crippen LogP contribution is 2.35. The Morgan fingerprint density at radius 2 is 1.91 bits per heavy atom. The molecular formula is C26H30N2O4S. The quantitative estimate of drug-likeness (QED) is 0.479. The van der Waals surface area contributed by atoms with E-state index in [0.717, 1.165) is 33.9 Å². The van der Waals surface area contributed by atoms with Crippen molar-refractivity contribution in [3.63, 3.8) is 0 Å². The van der Waals surface area contributed by atoms with E-state index in [9.17, 15) is 9.90 Å². The Bertz CT molecular complexity index is 1140. The summed E-state index contributed by atoms with van der Waals surface area (Å²) >= 11 is 1.53. The van der Waals surface area contributed by atoms with Crippen molar-refractivity contribution in [3.05, 3.63) is 64.3 Å². The van der Waals surface area contributed by atoms with Gasteiger partial charge in [0, 0.05) is 6.54 Å². The van der Waals surface area contributed by atoms with E-state index in [4.69, 9.17) is 9.47 Å². The standard InChI is InChI=1S/C26H30N2O4S/c1-16-6-5-7-20(12-16)25-24(27-17(2)33-25)26(30)28(14-18-8-9-18)15-21(29)19-10-11-22(31-3)23(13-19)32-4/h5-7,10-13,18,21,29H,8-9,14-15H2,1-4H3. The Morgan fingerprint density at radius 1 is 1.15 bits per heavy atom. The highest BCUT2D eigenvalue weighted by atomic mass is 32.1. The Kier molecular flexibility index (Phi) is 7.00. The van der Waals surface area contributed by atoms with E-state index in [1.165, 1.54) is 11.3 Å². The maximum absolute atomic E-state index is 13.7. The molecule has 0 radical (unpaired) electrons. The Labute approximate surface area is 198 Å².